The second kappa shape index (κ2) is 9.09. The molecule has 3 aromatic rings. The Labute approximate surface area is 200 Å². The lowest BCUT2D eigenvalue weighted by atomic mass is 10.1. The first-order valence-corrected chi connectivity index (χ1v) is 10.9. The Hall–Kier alpha value is -4.40. The van der Waals surface area contributed by atoms with Crippen molar-refractivity contribution in [2.24, 2.45) is 0 Å². The van der Waals surface area contributed by atoms with E-state index in [1.54, 1.807) is 48.5 Å². The lowest BCUT2D eigenvalue weighted by Gasteiger charge is -2.28. The molecule has 35 heavy (non-hydrogen) atoms. The summed E-state index contributed by atoms with van der Waals surface area (Å²) in [6.07, 6.45) is -0.227. The molecule has 178 valence electrons. The van der Waals surface area contributed by atoms with Crippen molar-refractivity contribution in [2.75, 3.05) is 18.8 Å². The van der Waals surface area contributed by atoms with Crippen LogP contribution in [0.4, 0.5) is 10.1 Å². The fourth-order valence-corrected chi connectivity index (χ4v) is 4.21. The molecule has 3 amide bonds. The van der Waals surface area contributed by atoms with Crippen LogP contribution in [-0.2, 0) is 16.1 Å². The zero-order chi connectivity index (χ0) is 24.5. The smallest absolute Gasteiger partial charge is 0.257 e. The Morgan fingerprint density at radius 2 is 1.80 bits per heavy atom. The van der Waals surface area contributed by atoms with E-state index in [0.717, 1.165) is 4.90 Å². The number of hydrogen-bond acceptors (Lipinski definition) is 6. The SMILES string of the molecule is COc1ccc(N2C(=O)CC(N(Cc3ccc4c(c3)OCO4)C(=O)c3ccccc3F)C2=O)cc1. The number of rotatable bonds is 6. The largest absolute Gasteiger partial charge is 0.497 e. The number of carbonyl (C=O) groups is 3. The Morgan fingerprint density at radius 1 is 1.06 bits per heavy atom. The molecule has 0 bridgehead atoms. The number of amides is 3. The van der Waals surface area contributed by atoms with Crippen LogP contribution in [0, 0.1) is 5.82 Å². The molecule has 9 heteroatoms. The standard InChI is InChI=1S/C26H21FN2O6/c1-33-18-9-7-17(8-10-18)29-24(30)13-21(26(29)32)28(25(31)19-4-2-3-5-20(19)27)14-16-6-11-22-23(12-16)35-15-34-22/h2-12,21H,13-15H2,1H3. The molecule has 3 aromatic carbocycles. The highest BCUT2D eigenvalue weighted by Crippen LogP contribution is 2.34. The monoisotopic (exact) mass is 476 g/mol. The van der Waals surface area contributed by atoms with Crippen molar-refractivity contribution < 1.29 is 33.0 Å². The highest BCUT2D eigenvalue weighted by Gasteiger charge is 2.45. The second-order valence-electron chi connectivity index (χ2n) is 8.09. The maximum Gasteiger partial charge on any atom is 0.257 e. The van der Waals surface area contributed by atoms with Crippen LogP contribution in [0.25, 0.3) is 0 Å². The zero-order valence-corrected chi connectivity index (χ0v) is 18.8. The third kappa shape index (κ3) is 4.16. The number of hydrogen-bond donors (Lipinski definition) is 0. The van der Waals surface area contributed by atoms with Crippen molar-refractivity contribution in [2.45, 2.75) is 19.0 Å². The van der Waals surface area contributed by atoms with Gasteiger partial charge in [0.2, 0.25) is 12.7 Å². The van der Waals surface area contributed by atoms with Gasteiger partial charge in [0.25, 0.3) is 11.8 Å². The van der Waals surface area contributed by atoms with Crippen LogP contribution < -0.4 is 19.1 Å². The molecule has 1 unspecified atom stereocenters. The third-order valence-electron chi connectivity index (χ3n) is 5.98. The predicted octanol–water partition coefficient (Wildman–Crippen LogP) is 3.54. The maximum atomic E-state index is 14.5. The summed E-state index contributed by atoms with van der Waals surface area (Å²) in [7, 11) is 1.51. The Bertz CT molecular complexity index is 1310. The molecule has 0 spiro atoms. The predicted molar refractivity (Wildman–Crippen MR) is 123 cm³/mol. The average molecular weight is 476 g/mol. The van der Waals surface area contributed by atoms with Crippen LogP contribution in [0.5, 0.6) is 17.2 Å². The van der Waals surface area contributed by atoms with Crippen molar-refractivity contribution in [3.63, 3.8) is 0 Å². The van der Waals surface area contributed by atoms with E-state index in [9.17, 15) is 18.8 Å². The number of imide groups is 1. The molecule has 2 aliphatic heterocycles. The first-order chi connectivity index (χ1) is 17.0. The van der Waals surface area contributed by atoms with E-state index in [0.29, 0.717) is 28.5 Å². The Balaban J connectivity index is 1.49. The number of methoxy groups -OCH3 is 1. The van der Waals surface area contributed by atoms with E-state index in [4.69, 9.17) is 14.2 Å². The maximum absolute atomic E-state index is 14.5. The van der Waals surface area contributed by atoms with Gasteiger partial charge in [-0.25, -0.2) is 9.29 Å². The normalized spacial score (nSPS) is 16.5. The van der Waals surface area contributed by atoms with E-state index in [1.807, 2.05) is 0 Å². The van der Waals surface area contributed by atoms with Gasteiger partial charge < -0.3 is 19.1 Å². The van der Waals surface area contributed by atoms with Gasteiger partial charge in [-0.15, -0.1) is 0 Å². The lowest BCUT2D eigenvalue weighted by molar-refractivity contribution is -0.122. The number of carbonyl (C=O) groups excluding carboxylic acids is 3. The van der Waals surface area contributed by atoms with Crippen LogP contribution in [0.3, 0.4) is 0 Å². The molecule has 5 rings (SSSR count). The first kappa shape index (κ1) is 22.4. The van der Waals surface area contributed by atoms with Gasteiger partial charge in [0.1, 0.15) is 17.6 Å². The summed E-state index contributed by atoms with van der Waals surface area (Å²) in [5.74, 6) is -0.773. The van der Waals surface area contributed by atoms with Crippen molar-refractivity contribution >= 4 is 23.4 Å². The fourth-order valence-electron chi connectivity index (χ4n) is 4.21. The van der Waals surface area contributed by atoms with Crippen LogP contribution in [-0.4, -0.2) is 42.6 Å². The van der Waals surface area contributed by atoms with Crippen LogP contribution in [0.15, 0.2) is 66.7 Å². The number of halogens is 1. The fraction of sp³-hybridized carbons (Fsp3) is 0.192. The second-order valence-corrected chi connectivity index (χ2v) is 8.09. The van der Waals surface area contributed by atoms with Gasteiger partial charge in [-0.3, -0.25) is 14.4 Å². The topological polar surface area (TPSA) is 85.4 Å². The van der Waals surface area contributed by atoms with Crippen molar-refractivity contribution in [3.8, 4) is 17.2 Å². The molecular formula is C26H21FN2O6. The summed E-state index contributed by atoms with van der Waals surface area (Å²) < 4.78 is 30.4. The van der Waals surface area contributed by atoms with Crippen molar-refractivity contribution in [1.29, 1.82) is 0 Å². The van der Waals surface area contributed by atoms with E-state index < -0.39 is 29.6 Å². The molecule has 0 aromatic heterocycles. The zero-order valence-electron chi connectivity index (χ0n) is 18.8. The summed E-state index contributed by atoms with van der Waals surface area (Å²) in [6.45, 7) is 0.0486. The number of ether oxygens (including phenoxy) is 3. The van der Waals surface area contributed by atoms with E-state index >= 15 is 0 Å². The minimum Gasteiger partial charge on any atom is -0.497 e. The minimum absolute atomic E-state index is 0.0378. The quantitative estimate of drug-likeness (QED) is 0.506. The molecular weight excluding hydrogens is 455 g/mol. The molecule has 2 heterocycles. The Morgan fingerprint density at radius 3 is 2.54 bits per heavy atom. The summed E-state index contributed by atoms with van der Waals surface area (Å²) in [4.78, 5) is 42.1. The van der Waals surface area contributed by atoms with E-state index in [-0.39, 0.29) is 25.3 Å². The summed E-state index contributed by atoms with van der Waals surface area (Å²) >= 11 is 0. The van der Waals surface area contributed by atoms with E-state index in [2.05, 4.69) is 0 Å². The summed E-state index contributed by atoms with van der Waals surface area (Å²) in [5, 5.41) is 0. The number of anilines is 1. The lowest BCUT2D eigenvalue weighted by Crippen LogP contribution is -2.45. The number of benzene rings is 3. The molecule has 1 saturated heterocycles. The van der Waals surface area contributed by atoms with Gasteiger partial charge >= 0.3 is 0 Å². The molecule has 2 aliphatic rings. The van der Waals surface area contributed by atoms with Gasteiger partial charge in [-0.05, 0) is 54.1 Å². The number of nitrogens with zero attached hydrogens (tertiary/aromatic N) is 2. The van der Waals surface area contributed by atoms with Crippen LogP contribution in [0.2, 0.25) is 0 Å². The Kier molecular flexibility index (Phi) is 5.82. The molecule has 0 N–H and O–H groups in total. The van der Waals surface area contributed by atoms with Crippen LogP contribution >= 0.6 is 0 Å². The van der Waals surface area contributed by atoms with Gasteiger partial charge in [0, 0.05) is 6.54 Å². The molecule has 8 nitrogen and oxygen atoms in total. The molecule has 0 radical (unpaired) electrons. The highest BCUT2D eigenvalue weighted by atomic mass is 19.1. The van der Waals surface area contributed by atoms with Crippen molar-refractivity contribution in [1.82, 2.24) is 4.90 Å². The van der Waals surface area contributed by atoms with Gasteiger partial charge in [0.05, 0.1) is 24.8 Å². The third-order valence-corrected chi connectivity index (χ3v) is 5.98. The summed E-state index contributed by atoms with van der Waals surface area (Å²) in [6, 6.07) is 16.0. The average Bonchev–Trinajstić information content (AvgIpc) is 3.45. The van der Waals surface area contributed by atoms with Crippen LogP contribution in [0.1, 0.15) is 22.3 Å². The van der Waals surface area contributed by atoms with Gasteiger partial charge in [-0.1, -0.05) is 18.2 Å². The molecule has 0 saturated carbocycles. The number of fused-ring (bicyclic) bond motifs is 1. The van der Waals surface area contributed by atoms with Crippen molar-refractivity contribution in [3.05, 3.63) is 83.7 Å². The summed E-state index contributed by atoms with van der Waals surface area (Å²) in [5.41, 5.74) is 0.822. The highest BCUT2D eigenvalue weighted by molar-refractivity contribution is 6.23. The van der Waals surface area contributed by atoms with Gasteiger partial charge in [0.15, 0.2) is 11.5 Å². The first-order valence-electron chi connectivity index (χ1n) is 10.9. The molecule has 1 fully saturated rings. The minimum atomic E-state index is -1.11. The van der Waals surface area contributed by atoms with E-state index in [1.165, 1.54) is 30.2 Å². The molecule has 0 aliphatic carbocycles. The van der Waals surface area contributed by atoms with Gasteiger partial charge in [-0.2, -0.15) is 0 Å². The molecule has 1 atom stereocenters.